The van der Waals surface area contributed by atoms with Gasteiger partial charge in [-0.3, -0.25) is 5.32 Å². The van der Waals surface area contributed by atoms with Crippen molar-refractivity contribution < 1.29 is 0 Å². The lowest BCUT2D eigenvalue weighted by molar-refractivity contribution is 0.278. The van der Waals surface area contributed by atoms with Crippen molar-refractivity contribution in [1.82, 2.24) is 10.2 Å². The van der Waals surface area contributed by atoms with E-state index in [1.54, 1.807) is 0 Å². The molecule has 1 aliphatic heterocycles. The Balaban J connectivity index is 1.18. The second-order valence-electron chi connectivity index (χ2n) is 13.1. The quantitative estimate of drug-likeness (QED) is 0.227. The van der Waals surface area contributed by atoms with Gasteiger partial charge in [0.1, 0.15) is 18.2 Å². The highest BCUT2D eigenvalue weighted by atomic mass is 15.4. The number of likely N-dealkylation sites (N-methyl/N-ethyl adjacent to an activating group) is 1. The second-order valence-corrected chi connectivity index (χ2v) is 13.1. The van der Waals surface area contributed by atoms with Crippen LogP contribution in [0.25, 0.3) is 32.7 Å². The van der Waals surface area contributed by atoms with Crippen molar-refractivity contribution in [1.29, 1.82) is 0 Å². The molecule has 3 unspecified atom stereocenters. The molecule has 5 aromatic rings. The summed E-state index contributed by atoms with van der Waals surface area (Å²) in [5.74, 6) is 2.10. The molecule has 0 radical (unpaired) electrons. The molecular formula is C42H39N3. The van der Waals surface area contributed by atoms with E-state index >= 15 is 0 Å². The van der Waals surface area contributed by atoms with E-state index in [0.717, 1.165) is 24.2 Å². The van der Waals surface area contributed by atoms with Gasteiger partial charge in [0.15, 0.2) is 0 Å². The fourth-order valence-electron chi connectivity index (χ4n) is 7.47. The molecule has 45 heavy (non-hydrogen) atoms. The molecule has 5 aromatic carbocycles. The summed E-state index contributed by atoms with van der Waals surface area (Å²) >= 11 is 0. The number of rotatable bonds is 4. The van der Waals surface area contributed by atoms with Crippen molar-refractivity contribution in [3.8, 4) is 11.1 Å². The average molecular weight is 586 g/mol. The van der Waals surface area contributed by atoms with Gasteiger partial charge in [0.05, 0.1) is 0 Å². The minimum atomic E-state index is -0.150. The summed E-state index contributed by atoms with van der Waals surface area (Å²) in [6.07, 6.45) is 9.30. The summed E-state index contributed by atoms with van der Waals surface area (Å²) in [6.45, 7) is 4.70. The summed E-state index contributed by atoms with van der Waals surface area (Å²) in [6, 6.07) is 39.6. The summed E-state index contributed by atoms with van der Waals surface area (Å²) < 4.78 is 0. The second kappa shape index (κ2) is 11.3. The van der Waals surface area contributed by atoms with Gasteiger partial charge in [-0.15, -0.1) is 0 Å². The van der Waals surface area contributed by atoms with Crippen molar-refractivity contribution >= 4 is 27.4 Å². The number of nitrogens with one attached hydrogen (secondary N) is 1. The van der Waals surface area contributed by atoms with Crippen LogP contribution in [0.2, 0.25) is 0 Å². The number of fused-ring (bicyclic) bond motifs is 2. The maximum absolute atomic E-state index is 5.39. The van der Waals surface area contributed by atoms with Crippen LogP contribution in [-0.4, -0.2) is 23.9 Å². The Labute approximate surface area is 266 Å². The molecule has 4 atom stereocenters. The van der Waals surface area contributed by atoms with Gasteiger partial charge in [0.25, 0.3) is 0 Å². The summed E-state index contributed by atoms with van der Waals surface area (Å²) in [7, 11) is 2.20. The van der Waals surface area contributed by atoms with Crippen molar-refractivity contribution in [3.05, 3.63) is 155 Å². The summed E-state index contributed by atoms with van der Waals surface area (Å²) in [5.41, 5.74) is 9.23. The standard InChI is InChI=1S/C42H39N3/c1-27-12-21-39-28(2)23-38(26-37(39)22-27)42-44-40(36-20-16-30-9-5-7-11-34(30)25-36)43-41(45(42)3)32-17-13-31(14-18-32)35-19-15-29-8-4-6-10-33(29)24-35/h4-21,24-28,40,42,44H,22-23H2,1-3H3/t27-,28?,40?,42?/m1/s1. The Morgan fingerprint density at radius 3 is 2.09 bits per heavy atom. The van der Waals surface area contributed by atoms with E-state index in [1.807, 2.05) is 0 Å². The number of hydrogen-bond acceptors (Lipinski definition) is 3. The normalized spacial score (nSPS) is 23.2. The zero-order valence-corrected chi connectivity index (χ0v) is 26.2. The van der Waals surface area contributed by atoms with Crippen LogP contribution >= 0.6 is 0 Å². The van der Waals surface area contributed by atoms with Gasteiger partial charge in [0.2, 0.25) is 0 Å². The number of allylic oxidation sites excluding steroid dienone is 5. The molecule has 0 spiro atoms. The Morgan fingerprint density at radius 2 is 1.33 bits per heavy atom. The highest BCUT2D eigenvalue weighted by Gasteiger charge is 2.34. The first-order valence-corrected chi connectivity index (χ1v) is 16.3. The fraction of sp³-hybridized carbons (Fsp3) is 0.214. The van der Waals surface area contributed by atoms with E-state index in [1.165, 1.54) is 55.0 Å². The van der Waals surface area contributed by atoms with Gasteiger partial charge in [-0.2, -0.15) is 0 Å². The molecule has 222 valence electrons. The highest BCUT2D eigenvalue weighted by molar-refractivity contribution is 6.00. The van der Waals surface area contributed by atoms with Crippen LogP contribution in [0, 0.1) is 11.8 Å². The van der Waals surface area contributed by atoms with Crippen LogP contribution in [0.15, 0.2) is 149 Å². The number of benzene rings is 5. The Morgan fingerprint density at radius 1 is 0.689 bits per heavy atom. The molecule has 1 heterocycles. The van der Waals surface area contributed by atoms with Crippen molar-refractivity contribution in [2.75, 3.05) is 7.05 Å². The third-order valence-corrected chi connectivity index (χ3v) is 9.90. The molecule has 0 amide bonds. The third-order valence-electron chi connectivity index (χ3n) is 9.90. The van der Waals surface area contributed by atoms with Crippen LogP contribution in [0.3, 0.4) is 0 Å². The van der Waals surface area contributed by atoms with E-state index in [2.05, 4.69) is 159 Å². The molecule has 8 rings (SSSR count). The lowest BCUT2D eigenvalue weighted by Crippen LogP contribution is -2.53. The van der Waals surface area contributed by atoms with E-state index in [0.29, 0.717) is 11.8 Å². The van der Waals surface area contributed by atoms with E-state index in [-0.39, 0.29) is 12.3 Å². The third kappa shape index (κ3) is 5.22. The van der Waals surface area contributed by atoms with Gasteiger partial charge in [0, 0.05) is 12.6 Å². The fourth-order valence-corrected chi connectivity index (χ4v) is 7.47. The van der Waals surface area contributed by atoms with Crippen LogP contribution in [-0.2, 0) is 0 Å². The first kappa shape index (κ1) is 27.8. The zero-order valence-electron chi connectivity index (χ0n) is 26.2. The molecule has 1 N–H and O–H groups in total. The minimum absolute atomic E-state index is 0.0480. The van der Waals surface area contributed by atoms with Crippen molar-refractivity contribution in [2.45, 2.75) is 39.0 Å². The van der Waals surface area contributed by atoms with Gasteiger partial charge >= 0.3 is 0 Å². The average Bonchev–Trinajstić information content (AvgIpc) is 3.08. The molecule has 0 aromatic heterocycles. The van der Waals surface area contributed by atoms with E-state index in [4.69, 9.17) is 4.99 Å². The van der Waals surface area contributed by atoms with Gasteiger partial charge in [-0.25, -0.2) is 4.99 Å². The Kier molecular flexibility index (Phi) is 6.99. The van der Waals surface area contributed by atoms with Gasteiger partial charge in [-0.05, 0) is 91.8 Å². The lowest BCUT2D eigenvalue weighted by atomic mass is 9.77. The van der Waals surface area contributed by atoms with Crippen LogP contribution in [0.4, 0.5) is 0 Å². The topological polar surface area (TPSA) is 27.6 Å². The Hall–Kier alpha value is -4.73. The van der Waals surface area contributed by atoms with Crippen molar-refractivity contribution in [2.24, 2.45) is 16.8 Å². The van der Waals surface area contributed by atoms with Crippen molar-refractivity contribution in [3.63, 3.8) is 0 Å². The smallest absolute Gasteiger partial charge is 0.134 e. The molecule has 0 saturated heterocycles. The van der Waals surface area contributed by atoms with E-state index in [9.17, 15) is 0 Å². The molecule has 3 nitrogen and oxygen atoms in total. The number of hydrogen-bond donors (Lipinski definition) is 1. The van der Waals surface area contributed by atoms with Gasteiger partial charge < -0.3 is 4.90 Å². The predicted octanol–water partition coefficient (Wildman–Crippen LogP) is 9.83. The molecular weight excluding hydrogens is 546 g/mol. The highest BCUT2D eigenvalue weighted by Crippen LogP contribution is 2.39. The SMILES string of the molecule is CC1CC(C2NC(c3ccc4ccccc4c3)N=C(c3ccc(-c4ccc5ccccc5c4)cc3)N2C)=CC2=C1C=C[C@@H](C)C2. The first-order chi connectivity index (χ1) is 22.0. The van der Waals surface area contributed by atoms with Crippen LogP contribution in [0.1, 0.15) is 44.0 Å². The number of aliphatic imine (C=N–C) groups is 1. The maximum Gasteiger partial charge on any atom is 0.134 e. The summed E-state index contributed by atoms with van der Waals surface area (Å²) in [4.78, 5) is 7.75. The maximum atomic E-state index is 5.39. The van der Waals surface area contributed by atoms with Crippen LogP contribution in [0.5, 0.6) is 0 Å². The predicted molar refractivity (Wildman–Crippen MR) is 189 cm³/mol. The molecule has 2 aliphatic carbocycles. The molecule has 0 fully saturated rings. The number of amidine groups is 1. The molecule has 3 heteroatoms. The molecule has 3 aliphatic rings. The molecule has 0 saturated carbocycles. The summed E-state index contributed by atoms with van der Waals surface area (Å²) in [5, 5.41) is 8.99. The van der Waals surface area contributed by atoms with E-state index < -0.39 is 0 Å². The molecule has 0 bridgehead atoms. The largest absolute Gasteiger partial charge is 0.340 e. The Bertz CT molecular complexity index is 2040. The van der Waals surface area contributed by atoms with Crippen LogP contribution < -0.4 is 5.32 Å². The number of nitrogens with zero attached hydrogens (tertiary/aromatic N) is 2. The monoisotopic (exact) mass is 585 g/mol. The lowest BCUT2D eigenvalue weighted by Gasteiger charge is -2.42. The zero-order chi connectivity index (χ0) is 30.5. The minimum Gasteiger partial charge on any atom is -0.340 e. The first-order valence-electron chi connectivity index (χ1n) is 16.3. The van der Waals surface area contributed by atoms with Gasteiger partial charge in [-0.1, -0.05) is 129 Å².